The van der Waals surface area contributed by atoms with Crippen molar-refractivity contribution >= 4 is 11.6 Å². The van der Waals surface area contributed by atoms with Gasteiger partial charge in [0.1, 0.15) is 11.4 Å². The number of rotatable bonds is 4. The van der Waals surface area contributed by atoms with E-state index in [1.165, 1.54) is 18.3 Å². The normalized spacial score (nSPS) is 10.5. The largest absolute Gasteiger partial charge is 0.349 e. The van der Waals surface area contributed by atoms with E-state index in [2.05, 4.69) is 26.0 Å². The maximum Gasteiger partial charge on any atom is 0.287 e. The molecule has 0 radical (unpaired) electrons. The van der Waals surface area contributed by atoms with E-state index in [1.54, 1.807) is 6.07 Å². The molecule has 0 fully saturated rings. The topological polar surface area (TPSA) is 87.6 Å². The predicted molar refractivity (Wildman–Crippen MR) is 78.3 cm³/mol. The Morgan fingerprint density at radius 2 is 2.23 bits per heavy atom. The number of H-pyrrole nitrogens is 1. The maximum atomic E-state index is 12.7. The van der Waals surface area contributed by atoms with Crippen LogP contribution in [-0.4, -0.2) is 25.7 Å². The van der Waals surface area contributed by atoms with Crippen molar-refractivity contribution in [2.24, 2.45) is 7.05 Å². The van der Waals surface area contributed by atoms with Gasteiger partial charge in [0.05, 0.1) is 17.6 Å². The molecule has 0 atom stereocenters. The number of halogens is 1. The summed E-state index contributed by atoms with van der Waals surface area (Å²) in [5.41, 5.74) is 7.46. The van der Waals surface area contributed by atoms with E-state index in [0.29, 0.717) is 17.1 Å². The summed E-state index contributed by atoms with van der Waals surface area (Å²) in [5.74, 6) is -0.977. The zero-order chi connectivity index (χ0) is 15.5. The Morgan fingerprint density at radius 3 is 2.91 bits per heavy atom. The minimum Gasteiger partial charge on any atom is -0.349 e. The standard InChI is InChI=1S/C14H13FN6O/c1-21-6-2-3-12(21)10-7-11(19-18-10)14(22)20-17-9-4-5-13(15)16-8-9/h2-8,17H,1H3,(H,18,19)(H,20,22). The lowest BCUT2D eigenvalue weighted by Gasteiger charge is -2.06. The van der Waals surface area contributed by atoms with Crippen LogP contribution in [0.1, 0.15) is 10.5 Å². The van der Waals surface area contributed by atoms with Crippen LogP contribution in [0.25, 0.3) is 11.4 Å². The molecular weight excluding hydrogens is 287 g/mol. The Morgan fingerprint density at radius 1 is 1.36 bits per heavy atom. The minimum absolute atomic E-state index is 0.304. The van der Waals surface area contributed by atoms with E-state index in [1.807, 2.05) is 29.9 Å². The van der Waals surface area contributed by atoms with Gasteiger partial charge in [-0.2, -0.15) is 9.49 Å². The first-order valence-corrected chi connectivity index (χ1v) is 6.48. The Bertz CT molecular complexity index is 792. The van der Waals surface area contributed by atoms with Crippen LogP contribution in [0.3, 0.4) is 0 Å². The Balaban J connectivity index is 1.67. The van der Waals surface area contributed by atoms with Gasteiger partial charge in [0, 0.05) is 13.2 Å². The fourth-order valence-electron chi connectivity index (χ4n) is 1.94. The Labute approximate surface area is 125 Å². The number of carbonyl (C=O) groups is 1. The number of aryl methyl sites for hydroxylation is 1. The molecule has 22 heavy (non-hydrogen) atoms. The molecule has 3 aromatic heterocycles. The summed E-state index contributed by atoms with van der Waals surface area (Å²) in [7, 11) is 1.90. The SMILES string of the molecule is Cn1cccc1-c1cc(C(=O)NNc2ccc(F)nc2)[nH]n1. The van der Waals surface area contributed by atoms with Crippen LogP contribution in [0.2, 0.25) is 0 Å². The quantitative estimate of drug-likeness (QED) is 0.505. The van der Waals surface area contributed by atoms with Crippen molar-refractivity contribution in [3.05, 3.63) is 54.4 Å². The molecule has 0 unspecified atom stereocenters. The van der Waals surface area contributed by atoms with Gasteiger partial charge in [-0.1, -0.05) is 0 Å². The minimum atomic E-state index is -0.586. The number of hydrogen-bond donors (Lipinski definition) is 3. The summed E-state index contributed by atoms with van der Waals surface area (Å²) < 4.78 is 14.6. The van der Waals surface area contributed by atoms with Crippen LogP contribution in [0.5, 0.6) is 0 Å². The Kier molecular flexibility index (Phi) is 3.57. The van der Waals surface area contributed by atoms with Crippen molar-refractivity contribution < 1.29 is 9.18 Å². The fourth-order valence-corrected chi connectivity index (χ4v) is 1.94. The summed E-state index contributed by atoms with van der Waals surface area (Å²) in [6, 6.07) is 8.10. The van der Waals surface area contributed by atoms with Crippen molar-refractivity contribution in [1.29, 1.82) is 0 Å². The molecule has 0 bridgehead atoms. The van der Waals surface area contributed by atoms with Gasteiger partial charge in [-0.3, -0.25) is 20.7 Å². The van der Waals surface area contributed by atoms with Crippen LogP contribution in [0.4, 0.5) is 10.1 Å². The third kappa shape index (κ3) is 2.80. The van der Waals surface area contributed by atoms with E-state index in [4.69, 9.17) is 0 Å². The second-order valence-corrected chi connectivity index (χ2v) is 4.62. The zero-order valence-electron chi connectivity index (χ0n) is 11.7. The molecule has 0 saturated carbocycles. The molecule has 3 aromatic rings. The lowest BCUT2D eigenvalue weighted by Crippen LogP contribution is -2.29. The van der Waals surface area contributed by atoms with Crippen molar-refractivity contribution in [2.75, 3.05) is 5.43 Å². The van der Waals surface area contributed by atoms with E-state index in [0.717, 1.165) is 5.69 Å². The van der Waals surface area contributed by atoms with Crippen molar-refractivity contribution in [3.63, 3.8) is 0 Å². The molecule has 0 saturated heterocycles. The van der Waals surface area contributed by atoms with Crippen molar-refractivity contribution in [3.8, 4) is 11.4 Å². The fraction of sp³-hybridized carbons (Fsp3) is 0.0714. The number of hydrazine groups is 1. The van der Waals surface area contributed by atoms with Gasteiger partial charge in [-0.15, -0.1) is 0 Å². The average Bonchev–Trinajstić information content (AvgIpc) is 3.15. The molecule has 0 aliphatic carbocycles. The molecule has 0 aliphatic rings. The molecule has 7 nitrogen and oxygen atoms in total. The molecule has 1 amide bonds. The first-order valence-electron chi connectivity index (χ1n) is 6.48. The third-order valence-electron chi connectivity index (χ3n) is 3.08. The second kappa shape index (κ2) is 5.68. The molecule has 3 N–H and O–H groups in total. The third-order valence-corrected chi connectivity index (χ3v) is 3.08. The highest BCUT2D eigenvalue weighted by atomic mass is 19.1. The van der Waals surface area contributed by atoms with Gasteiger partial charge in [-0.25, -0.2) is 4.98 Å². The summed E-state index contributed by atoms with van der Waals surface area (Å²) in [5, 5.41) is 6.79. The zero-order valence-corrected chi connectivity index (χ0v) is 11.7. The van der Waals surface area contributed by atoms with E-state index >= 15 is 0 Å². The van der Waals surface area contributed by atoms with Gasteiger partial charge in [0.2, 0.25) is 5.95 Å². The maximum absolute atomic E-state index is 12.7. The number of pyridine rings is 1. The number of carbonyl (C=O) groups excluding carboxylic acids is 1. The first-order chi connectivity index (χ1) is 10.6. The van der Waals surface area contributed by atoms with E-state index < -0.39 is 11.9 Å². The monoisotopic (exact) mass is 300 g/mol. The smallest absolute Gasteiger partial charge is 0.287 e. The van der Waals surface area contributed by atoms with Gasteiger partial charge < -0.3 is 4.57 Å². The van der Waals surface area contributed by atoms with Crippen LogP contribution >= 0.6 is 0 Å². The highest BCUT2D eigenvalue weighted by molar-refractivity contribution is 5.93. The summed E-state index contributed by atoms with van der Waals surface area (Å²) in [6.45, 7) is 0. The molecule has 0 aromatic carbocycles. The number of nitrogens with one attached hydrogen (secondary N) is 3. The highest BCUT2D eigenvalue weighted by Gasteiger charge is 2.12. The predicted octanol–water partition coefficient (Wildman–Crippen LogP) is 1.71. The summed E-state index contributed by atoms with van der Waals surface area (Å²) in [4.78, 5) is 15.5. The molecule has 3 heterocycles. The van der Waals surface area contributed by atoms with E-state index in [9.17, 15) is 9.18 Å². The molecular formula is C14H13FN6O. The van der Waals surface area contributed by atoms with Gasteiger partial charge in [-0.05, 0) is 30.3 Å². The number of aromatic nitrogens is 4. The van der Waals surface area contributed by atoms with Gasteiger partial charge in [0.15, 0.2) is 0 Å². The molecule has 0 aliphatic heterocycles. The van der Waals surface area contributed by atoms with Crippen molar-refractivity contribution in [1.82, 2.24) is 25.2 Å². The molecule has 112 valence electrons. The summed E-state index contributed by atoms with van der Waals surface area (Å²) >= 11 is 0. The van der Waals surface area contributed by atoms with Crippen LogP contribution < -0.4 is 10.9 Å². The lowest BCUT2D eigenvalue weighted by molar-refractivity contribution is 0.0957. The number of hydrogen-bond acceptors (Lipinski definition) is 4. The van der Waals surface area contributed by atoms with Crippen LogP contribution in [-0.2, 0) is 7.05 Å². The van der Waals surface area contributed by atoms with Gasteiger partial charge in [0.25, 0.3) is 5.91 Å². The number of amides is 1. The van der Waals surface area contributed by atoms with Crippen molar-refractivity contribution in [2.45, 2.75) is 0 Å². The number of anilines is 1. The first kappa shape index (κ1) is 13.8. The number of aromatic amines is 1. The lowest BCUT2D eigenvalue weighted by atomic mass is 10.3. The number of nitrogens with zero attached hydrogens (tertiary/aromatic N) is 3. The van der Waals surface area contributed by atoms with Crippen LogP contribution in [0, 0.1) is 5.95 Å². The average molecular weight is 300 g/mol. The Hall–Kier alpha value is -3.16. The highest BCUT2D eigenvalue weighted by Crippen LogP contribution is 2.17. The second-order valence-electron chi connectivity index (χ2n) is 4.62. The molecule has 8 heteroatoms. The molecule has 0 spiro atoms. The molecule has 3 rings (SSSR count). The van der Waals surface area contributed by atoms with E-state index in [-0.39, 0.29) is 0 Å². The van der Waals surface area contributed by atoms with Gasteiger partial charge >= 0.3 is 0 Å². The van der Waals surface area contributed by atoms with Crippen LogP contribution in [0.15, 0.2) is 42.7 Å². The summed E-state index contributed by atoms with van der Waals surface area (Å²) in [6.07, 6.45) is 3.17.